The number of amides is 2. The van der Waals surface area contributed by atoms with E-state index >= 15 is 0 Å². The Morgan fingerprint density at radius 1 is 0.947 bits per heavy atom. The largest absolute Gasteiger partial charge is 0.352 e. The lowest BCUT2D eigenvalue weighted by Gasteiger charge is -2.33. The number of sulfonamides is 1. The predicted octanol–water partition coefficient (Wildman–Crippen LogP) is 4.78. The third-order valence-corrected chi connectivity index (χ3v) is 8.43. The second-order valence-corrected chi connectivity index (χ2v) is 12.2. The van der Waals surface area contributed by atoms with E-state index in [1.807, 2.05) is 61.5 Å². The molecular weight excluding hydrogens is 498 g/mol. The SMILES string of the molecule is Cc1ccc(CN(C(=O)CN(c2cccc3ccccc23)S(C)(=O)=O)[C@H](C)C(=O)NC2CCCCC2)cc1. The smallest absolute Gasteiger partial charge is 0.244 e. The summed E-state index contributed by atoms with van der Waals surface area (Å²) >= 11 is 0. The number of fused-ring (bicyclic) bond motifs is 1. The van der Waals surface area contributed by atoms with E-state index in [1.165, 1.54) is 11.3 Å². The molecule has 1 fully saturated rings. The van der Waals surface area contributed by atoms with E-state index in [2.05, 4.69) is 5.32 Å². The lowest BCUT2D eigenvalue weighted by atomic mass is 9.95. The summed E-state index contributed by atoms with van der Waals surface area (Å²) in [5.74, 6) is -0.649. The molecule has 2 amide bonds. The quantitative estimate of drug-likeness (QED) is 0.427. The maximum atomic E-state index is 13.9. The van der Waals surface area contributed by atoms with Gasteiger partial charge >= 0.3 is 0 Å². The molecule has 7 nitrogen and oxygen atoms in total. The van der Waals surface area contributed by atoms with Crippen molar-refractivity contribution in [3.8, 4) is 0 Å². The number of hydrogen-bond acceptors (Lipinski definition) is 4. The molecule has 0 heterocycles. The van der Waals surface area contributed by atoms with Crippen LogP contribution in [0.4, 0.5) is 5.69 Å². The van der Waals surface area contributed by atoms with E-state index < -0.39 is 28.5 Å². The van der Waals surface area contributed by atoms with E-state index in [-0.39, 0.29) is 18.5 Å². The van der Waals surface area contributed by atoms with Crippen molar-refractivity contribution in [1.82, 2.24) is 10.2 Å². The summed E-state index contributed by atoms with van der Waals surface area (Å²) in [7, 11) is -3.80. The Hall–Kier alpha value is -3.39. The number of benzene rings is 3. The van der Waals surface area contributed by atoms with Gasteiger partial charge in [0.15, 0.2) is 0 Å². The Balaban J connectivity index is 1.64. The van der Waals surface area contributed by atoms with Crippen molar-refractivity contribution in [1.29, 1.82) is 0 Å². The van der Waals surface area contributed by atoms with Crippen LogP contribution < -0.4 is 9.62 Å². The van der Waals surface area contributed by atoms with E-state index in [0.717, 1.165) is 58.1 Å². The molecule has 8 heteroatoms. The minimum Gasteiger partial charge on any atom is -0.352 e. The van der Waals surface area contributed by atoms with Gasteiger partial charge in [-0.05, 0) is 43.7 Å². The molecule has 4 rings (SSSR count). The number of aryl methyl sites for hydroxylation is 1. The first-order valence-corrected chi connectivity index (χ1v) is 15.1. The van der Waals surface area contributed by atoms with Crippen molar-refractivity contribution < 1.29 is 18.0 Å². The summed E-state index contributed by atoms with van der Waals surface area (Å²) in [5, 5.41) is 4.74. The molecule has 1 N–H and O–H groups in total. The zero-order valence-electron chi connectivity index (χ0n) is 22.4. The van der Waals surface area contributed by atoms with Gasteiger partial charge in [0.2, 0.25) is 21.8 Å². The number of rotatable bonds is 9. The highest BCUT2D eigenvalue weighted by molar-refractivity contribution is 7.92. The Morgan fingerprint density at radius 2 is 1.61 bits per heavy atom. The zero-order chi connectivity index (χ0) is 27.3. The summed E-state index contributed by atoms with van der Waals surface area (Å²) in [6, 6.07) is 20.0. The fourth-order valence-electron chi connectivity index (χ4n) is 5.06. The zero-order valence-corrected chi connectivity index (χ0v) is 23.2. The summed E-state index contributed by atoms with van der Waals surface area (Å²) < 4.78 is 27.1. The highest BCUT2D eigenvalue weighted by Gasteiger charge is 2.31. The molecule has 0 spiro atoms. The maximum Gasteiger partial charge on any atom is 0.244 e. The molecule has 202 valence electrons. The summed E-state index contributed by atoms with van der Waals surface area (Å²) in [6.07, 6.45) is 6.32. The standard InChI is InChI=1S/C30H37N3O4S/c1-22-16-18-24(19-17-22)20-32(23(2)30(35)31-26-12-5-4-6-13-26)29(34)21-33(38(3,36)37)28-15-9-11-25-10-7-8-14-27(25)28/h7-11,14-19,23,26H,4-6,12-13,20-21H2,1-3H3,(H,31,35)/t23-/m1/s1. The van der Waals surface area contributed by atoms with Gasteiger partial charge in [0.25, 0.3) is 0 Å². The van der Waals surface area contributed by atoms with Crippen LogP contribution in [0.1, 0.15) is 50.2 Å². The second-order valence-electron chi connectivity index (χ2n) is 10.3. The van der Waals surface area contributed by atoms with E-state index in [9.17, 15) is 18.0 Å². The molecule has 0 saturated heterocycles. The predicted molar refractivity (Wildman–Crippen MR) is 152 cm³/mol. The van der Waals surface area contributed by atoms with Crippen LogP contribution in [-0.2, 0) is 26.2 Å². The lowest BCUT2D eigenvalue weighted by molar-refractivity contribution is -0.139. The summed E-state index contributed by atoms with van der Waals surface area (Å²) in [5.41, 5.74) is 2.40. The number of nitrogens with zero attached hydrogens (tertiary/aromatic N) is 2. The van der Waals surface area contributed by atoms with Crippen LogP contribution in [0.5, 0.6) is 0 Å². The highest BCUT2D eigenvalue weighted by Crippen LogP contribution is 2.29. The number of hydrogen-bond donors (Lipinski definition) is 1. The molecule has 3 aromatic rings. The topological polar surface area (TPSA) is 86.8 Å². The van der Waals surface area contributed by atoms with Gasteiger partial charge in [0, 0.05) is 18.0 Å². The molecule has 38 heavy (non-hydrogen) atoms. The van der Waals surface area contributed by atoms with Crippen LogP contribution in [0.3, 0.4) is 0 Å². The summed E-state index contributed by atoms with van der Waals surface area (Å²) in [6.45, 7) is 3.50. The van der Waals surface area contributed by atoms with Gasteiger partial charge in [0.1, 0.15) is 12.6 Å². The molecule has 0 radical (unpaired) electrons. The average Bonchev–Trinajstić information content (AvgIpc) is 2.90. The van der Waals surface area contributed by atoms with Crippen LogP contribution >= 0.6 is 0 Å². The molecule has 3 aromatic carbocycles. The number of carbonyl (C=O) groups excluding carboxylic acids is 2. The van der Waals surface area contributed by atoms with Gasteiger partial charge < -0.3 is 10.2 Å². The van der Waals surface area contributed by atoms with Crippen LogP contribution in [0.2, 0.25) is 0 Å². The Morgan fingerprint density at radius 3 is 2.29 bits per heavy atom. The Labute approximate surface area is 225 Å². The molecular formula is C30H37N3O4S. The van der Waals surface area contributed by atoms with E-state index in [0.29, 0.717) is 5.69 Å². The first-order valence-electron chi connectivity index (χ1n) is 13.2. The molecule has 0 aromatic heterocycles. The van der Waals surface area contributed by atoms with Crippen molar-refractivity contribution in [2.45, 2.75) is 64.6 Å². The first-order chi connectivity index (χ1) is 18.1. The summed E-state index contributed by atoms with van der Waals surface area (Å²) in [4.78, 5) is 28.6. The second kappa shape index (κ2) is 12.0. The fraction of sp³-hybridized carbons (Fsp3) is 0.400. The average molecular weight is 536 g/mol. The van der Waals surface area contributed by atoms with Crippen molar-refractivity contribution in [3.63, 3.8) is 0 Å². The van der Waals surface area contributed by atoms with Gasteiger partial charge in [-0.2, -0.15) is 0 Å². The first kappa shape index (κ1) is 27.6. The number of carbonyl (C=O) groups is 2. The number of anilines is 1. The molecule has 0 unspecified atom stereocenters. The molecule has 1 saturated carbocycles. The molecule has 1 atom stereocenters. The van der Waals surface area contributed by atoms with Crippen LogP contribution in [-0.4, -0.2) is 50.0 Å². The van der Waals surface area contributed by atoms with Crippen LogP contribution in [0.15, 0.2) is 66.7 Å². The van der Waals surface area contributed by atoms with Crippen molar-refractivity contribution >= 4 is 38.3 Å². The van der Waals surface area contributed by atoms with E-state index in [1.54, 1.807) is 19.1 Å². The third kappa shape index (κ3) is 6.72. The van der Waals surface area contributed by atoms with Gasteiger partial charge in [-0.1, -0.05) is 85.5 Å². The van der Waals surface area contributed by atoms with Gasteiger partial charge in [0.05, 0.1) is 11.9 Å². The normalized spacial score (nSPS) is 15.1. The minimum atomic E-state index is -3.80. The van der Waals surface area contributed by atoms with Crippen LogP contribution in [0.25, 0.3) is 10.8 Å². The molecule has 0 bridgehead atoms. The highest BCUT2D eigenvalue weighted by atomic mass is 32.2. The van der Waals surface area contributed by atoms with E-state index in [4.69, 9.17) is 0 Å². The lowest BCUT2D eigenvalue weighted by Crippen LogP contribution is -2.53. The Kier molecular flexibility index (Phi) is 8.72. The third-order valence-electron chi connectivity index (χ3n) is 7.31. The molecule has 1 aliphatic carbocycles. The fourth-order valence-corrected chi connectivity index (χ4v) is 5.92. The van der Waals surface area contributed by atoms with Crippen LogP contribution in [0, 0.1) is 6.92 Å². The molecule has 0 aliphatic heterocycles. The van der Waals surface area contributed by atoms with Gasteiger partial charge in [-0.3, -0.25) is 13.9 Å². The maximum absolute atomic E-state index is 13.9. The molecule has 1 aliphatic rings. The monoisotopic (exact) mass is 535 g/mol. The van der Waals surface area contributed by atoms with Crippen molar-refractivity contribution in [2.24, 2.45) is 0 Å². The van der Waals surface area contributed by atoms with Gasteiger partial charge in [-0.15, -0.1) is 0 Å². The van der Waals surface area contributed by atoms with Crippen molar-refractivity contribution in [2.75, 3.05) is 17.1 Å². The van der Waals surface area contributed by atoms with Crippen molar-refractivity contribution in [3.05, 3.63) is 77.9 Å². The Bertz CT molecular complexity index is 1380. The minimum absolute atomic E-state index is 0.109. The number of nitrogens with one attached hydrogen (secondary N) is 1. The van der Waals surface area contributed by atoms with Gasteiger partial charge in [-0.25, -0.2) is 8.42 Å².